The number of carbonyl (C=O) groups is 1. The number of carbonyl (C=O) groups excluding carboxylic acids is 1. The first kappa shape index (κ1) is 15.2. The molecule has 0 radical (unpaired) electrons. The van der Waals surface area contributed by atoms with Crippen LogP contribution in [0.2, 0.25) is 0 Å². The zero-order chi connectivity index (χ0) is 14.7. The maximum absolute atomic E-state index is 12.6. The monoisotopic (exact) mass is 274 g/mol. The average Bonchev–Trinajstić information content (AvgIpc) is 2.49. The molecule has 0 N–H and O–H groups in total. The van der Waals surface area contributed by atoms with Crippen molar-refractivity contribution in [2.75, 3.05) is 33.7 Å². The summed E-state index contributed by atoms with van der Waals surface area (Å²) >= 11 is 0. The number of benzene rings is 1. The Balaban J connectivity index is 2.09. The fraction of sp³-hybridized carbons (Fsp3) is 0.588. The number of Topliss-reactive ketones (excluding diaryl/α,β-unsaturated/α-hetero) is 1. The van der Waals surface area contributed by atoms with Gasteiger partial charge in [0, 0.05) is 13.0 Å². The first-order chi connectivity index (χ1) is 9.45. The molecule has 1 aromatic rings. The maximum atomic E-state index is 12.6. The second kappa shape index (κ2) is 6.51. The number of likely N-dealkylation sites (N-methyl/N-ethyl adjacent to an activating group) is 2. The molecule has 1 unspecified atom stereocenters. The predicted molar refractivity (Wildman–Crippen MR) is 83.2 cm³/mol. The minimum Gasteiger partial charge on any atom is -0.304 e. The lowest BCUT2D eigenvalue weighted by Crippen LogP contribution is -2.44. The molecule has 110 valence electrons. The van der Waals surface area contributed by atoms with E-state index >= 15 is 0 Å². The van der Waals surface area contributed by atoms with Crippen molar-refractivity contribution in [3.8, 4) is 0 Å². The third kappa shape index (κ3) is 3.90. The summed E-state index contributed by atoms with van der Waals surface area (Å²) in [5.74, 6) is 0.339. The van der Waals surface area contributed by atoms with Crippen LogP contribution >= 0.6 is 0 Å². The van der Waals surface area contributed by atoms with Crippen LogP contribution < -0.4 is 0 Å². The van der Waals surface area contributed by atoms with Crippen LogP contribution in [0.25, 0.3) is 0 Å². The van der Waals surface area contributed by atoms with Crippen LogP contribution in [0.4, 0.5) is 0 Å². The number of ketones is 1. The lowest BCUT2D eigenvalue weighted by atomic mass is 9.99. The zero-order valence-electron chi connectivity index (χ0n) is 13.1. The Morgan fingerprint density at radius 1 is 1.15 bits per heavy atom. The van der Waals surface area contributed by atoms with Gasteiger partial charge in [0.2, 0.25) is 0 Å². The van der Waals surface area contributed by atoms with Crippen molar-refractivity contribution in [3.05, 3.63) is 34.9 Å². The van der Waals surface area contributed by atoms with Gasteiger partial charge < -0.3 is 4.90 Å². The van der Waals surface area contributed by atoms with Crippen LogP contribution in [-0.4, -0.2) is 55.4 Å². The van der Waals surface area contributed by atoms with Crippen LogP contribution in [0.5, 0.6) is 0 Å². The number of aryl methyl sites for hydroxylation is 2. The minimum atomic E-state index is 0.0309. The Morgan fingerprint density at radius 3 is 2.45 bits per heavy atom. The van der Waals surface area contributed by atoms with E-state index < -0.39 is 0 Å². The van der Waals surface area contributed by atoms with Crippen molar-refractivity contribution in [3.63, 3.8) is 0 Å². The van der Waals surface area contributed by atoms with Gasteiger partial charge in [0.05, 0.1) is 6.04 Å². The Bertz CT molecular complexity index is 464. The molecule has 3 heteroatoms. The van der Waals surface area contributed by atoms with Gasteiger partial charge in [-0.2, -0.15) is 0 Å². The highest BCUT2D eigenvalue weighted by molar-refractivity contribution is 5.86. The normalized spacial score (nSPS) is 21.7. The number of rotatable bonds is 3. The standard InChI is InChI=1S/C17H26N2O/c1-13-8-14(2)10-15(9-13)11-17(20)16-12-18(3)6-5-7-19(16)4/h8-10,16H,5-7,11-12H2,1-4H3. The fourth-order valence-corrected chi connectivity index (χ4v) is 3.11. The van der Waals surface area contributed by atoms with E-state index in [1.807, 2.05) is 0 Å². The van der Waals surface area contributed by atoms with Gasteiger partial charge in [-0.15, -0.1) is 0 Å². The molecule has 1 heterocycles. The smallest absolute Gasteiger partial charge is 0.155 e. The average molecular weight is 274 g/mol. The molecule has 0 aliphatic carbocycles. The molecule has 1 aliphatic rings. The van der Waals surface area contributed by atoms with Crippen molar-refractivity contribution in [2.45, 2.75) is 32.7 Å². The summed E-state index contributed by atoms with van der Waals surface area (Å²) in [5.41, 5.74) is 3.62. The van der Waals surface area contributed by atoms with E-state index in [1.165, 1.54) is 11.1 Å². The summed E-state index contributed by atoms with van der Waals surface area (Å²) in [6, 6.07) is 6.44. The molecule has 1 atom stereocenters. The van der Waals surface area contributed by atoms with Gasteiger partial charge in [-0.25, -0.2) is 0 Å². The number of nitrogens with zero attached hydrogens (tertiary/aromatic N) is 2. The van der Waals surface area contributed by atoms with Crippen molar-refractivity contribution >= 4 is 5.78 Å². The Hall–Kier alpha value is -1.19. The molecule has 1 aromatic carbocycles. The van der Waals surface area contributed by atoms with E-state index in [0.717, 1.165) is 31.6 Å². The first-order valence-corrected chi connectivity index (χ1v) is 7.44. The summed E-state index contributed by atoms with van der Waals surface area (Å²) < 4.78 is 0. The summed E-state index contributed by atoms with van der Waals surface area (Å²) in [7, 11) is 4.18. The summed E-state index contributed by atoms with van der Waals surface area (Å²) in [5, 5.41) is 0. The van der Waals surface area contributed by atoms with Gasteiger partial charge in [0.15, 0.2) is 5.78 Å². The van der Waals surface area contributed by atoms with Crippen LogP contribution in [0.1, 0.15) is 23.1 Å². The summed E-state index contributed by atoms with van der Waals surface area (Å²) in [6.45, 7) is 7.12. The third-order valence-electron chi connectivity index (χ3n) is 4.10. The SMILES string of the molecule is Cc1cc(C)cc(CC(=O)C2CN(C)CCCN2C)c1. The number of hydrogen-bond donors (Lipinski definition) is 0. The second-order valence-electron chi connectivity index (χ2n) is 6.25. The van der Waals surface area contributed by atoms with Crippen molar-refractivity contribution in [1.29, 1.82) is 0 Å². The van der Waals surface area contributed by atoms with Crippen LogP contribution in [0, 0.1) is 13.8 Å². The molecule has 0 spiro atoms. The zero-order valence-corrected chi connectivity index (χ0v) is 13.1. The third-order valence-corrected chi connectivity index (χ3v) is 4.10. The molecule has 1 fully saturated rings. The molecule has 0 saturated carbocycles. The Kier molecular flexibility index (Phi) is 4.95. The molecule has 3 nitrogen and oxygen atoms in total. The van der Waals surface area contributed by atoms with E-state index in [2.05, 4.69) is 55.9 Å². The van der Waals surface area contributed by atoms with Crippen LogP contribution in [0.3, 0.4) is 0 Å². The quantitative estimate of drug-likeness (QED) is 0.843. The van der Waals surface area contributed by atoms with Crippen molar-refractivity contribution in [1.82, 2.24) is 9.80 Å². The van der Waals surface area contributed by atoms with Crippen LogP contribution in [0.15, 0.2) is 18.2 Å². The van der Waals surface area contributed by atoms with Gasteiger partial charge >= 0.3 is 0 Å². The first-order valence-electron chi connectivity index (χ1n) is 7.44. The second-order valence-corrected chi connectivity index (χ2v) is 6.25. The van der Waals surface area contributed by atoms with Gasteiger partial charge in [-0.1, -0.05) is 29.3 Å². The molecule has 1 saturated heterocycles. The topological polar surface area (TPSA) is 23.6 Å². The van der Waals surface area contributed by atoms with Gasteiger partial charge in [-0.3, -0.25) is 9.69 Å². The van der Waals surface area contributed by atoms with Gasteiger partial charge in [0.1, 0.15) is 0 Å². The highest BCUT2D eigenvalue weighted by Crippen LogP contribution is 2.14. The molecule has 20 heavy (non-hydrogen) atoms. The van der Waals surface area contributed by atoms with E-state index in [9.17, 15) is 4.79 Å². The maximum Gasteiger partial charge on any atom is 0.155 e. The summed E-state index contributed by atoms with van der Waals surface area (Å²) in [4.78, 5) is 17.1. The lowest BCUT2D eigenvalue weighted by Gasteiger charge is -2.26. The number of hydrogen-bond acceptors (Lipinski definition) is 3. The summed E-state index contributed by atoms with van der Waals surface area (Å²) in [6.07, 6.45) is 1.69. The molecule has 0 amide bonds. The van der Waals surface area contributed by atoms with Crippen LogP contribution in [-0.2, 0) is 11.2 Å². The largest absolute Gasteiger partial charge is 0.304 e. The van der Waals surface area contributed by atoms with Crippen molar-refractivity contribution < 1.29 is 4.79 Å². The van der Waals surface area contributed by atoms with Gasteiger partial charge in [-0.05, 0) is 53.0 Å². The highest BCUT2D eigenvalue weighted by Gasteiger charge is 2.26. The minimum absolute atomic E-state index is 0.0309. The molecular weight excluding hydrogens is 248 g/mol. The van der Waals surface area contributed by atoms with Gasteiger partial charge in [0.25, 0.3) is 0 Å². The van der Waals surface area contributed by atoms with E-state index in [0.29, 0.717) is 12.2 Å². The van der Waals surface area contributed by atoms with Crippen molar-refractivity contribution in [2.24, 2.45) is 0 Å². The molecular formula is C17H26N2O. The highest BCUT2D eigenvalue weighted by atomic mass is 16.1. The lowest BCUT2D eigenvalue weighted by molar-refractivity contribution is -0.123. The molecule has 1 aliphatic heterocycles. The Labute approximate surface area is 122 Å². The van der Waals surface area contributed by atoms with E-state index in [1.54, 1.807) is 0 Å². The molecule has 0 aromatic heterocycles. The Morgan fingerprint density at radius 2 is 1.80 bits per heavy atom. The fourth-order valence-electron chi connectivity index (χ4n) is 3.11. The predicted octanol–water partition coefficient (Wildman–Crippen LogP) is 2.05. The van der Waals surface area contributed by atoms with E-state index in [4.69, 9.17) is 0 Å². The molecule has 0 bridgehead atoms. The van der Waals surface area contributed by atoms with E-state index in [-0.39, 0.29) is 6.04 Å². The molecule has 2 rings (SSSR count).